The van der Waals surface area contributed by atoms with E-state index in [1.54, 1.807) is 0 Å². The summed E-state index contributed by atoms with van der Waals surface area (Å²) in [5.41, 5.74) is 0.811. The fourth-order valence-electron chi connectivity index (χ4n) is 2.27. The second-order valence-electron chi connectivity index (χ2n) is 6.09. The molecule has 1 unspecified atom stereocenters. The summed E-state index contributed by atoms with van der Waals surface area (Å²) in [7, 11) is 0. The van der Waals surface area contributed by atoms with E-state index < -0.39 is 18.1 Å². The summed E-state index contributed by atoms with van der Waals surface area (Å²) in [5.74, 6) is -0.0504. The number of ether oxygens (including phenoxy) is 1. The Balaban J connectivity index is 2.42. The molecule has 0 aliphatic rings. The van der Waals surface area contributed by atoms with Crippen LogP contribution in [0.3, 0.4) is 0 Å². The number of unbranched alkanes of at least 4 members (excludes halogenated alkanes) is 1. The highest BCUT2D eigenvalue weighted by Gasteiger charge is 2.20. The van der Waals surface area contributed by atoms with Crippen molar-refractivity contribution in [3.05, 3.63) is 29.8 Å². The van der Waals surface area contributed by atoms with E-state index in [9.17, 15) is 9.90 Å². The van der Waals surface area contributed by atoms with Crippen LogP contribution < -0.4 is 10.1 Å². The van der Waals surface area contributed by atoms with Gasteiger partial charge in [0.2, 0.25) is 0 Å². The molecule has 23 heavy (non-hydrogen) atoms. The fourth-order valence-corrected chi connectivity index (χ4v) is 2.27. The summed E-state index contributed by atoms with van der Waals surface area (Å²) < 4.78 is 5.59. The van der Waals surface area contributed by atoms with Crippen LogP contribution in [0, 0.1) is 5.92 Å². The molecule has 0 amide bonds. The van der Waals surface area contributed by atoms with Gasteiger partial charge in [-0.15, -0.1) is 0 Å². The molecule has 0 bridgehead atoms. The van der Waals surface area contributed by atoms with E-state index in [2.05, 4.69) is 12.2 Å². The van der Waals surface area contributed by atoms with Crippen LogP contribution in [0.2, 0.25) is 0 Å². The fraction of sp³-hybridized carbons (Fsp3) is 0.611. The van der Waals surface area contributed by atoms with Gasteiger partial charge in [-0.25, -0.2) is 0 Å². The molecule has 5 heteroatoms. The smallest absolute Gasteiger partial charge is 0.320 e. The van der Waals surface area contributed by atoms with Gasteiger partial charge in [0.15, 0.2) is 0 Å². The van der Waals surface area contributed by atoms with Gasteiger partial charge in [0.1, 0.15) is 11.8 Å². The van der Waals surface area contributed by atoms with Crippen molar-refractivity contribution >= 4 is 5.97 Å². The largest absolute Gasteiger partial charge is 0.494 e. The Morgan fingerprint density at radius 2 is 1.91 bits per heavy atom. The summed E-state index contributed by atoms with van der Waals surface area (Å²) in [6.45, 7) is 6.99. The maximum atomic E-state index is 11.1. The van der Waals surface area contributed by atoms with Gasteiger partial charge in [0, 0.05) is 0 Å². The lowest BCUT2D eigenvalue weighted by Gasteiger charge is -2.19. The predicted molar refractivity (Wildman–Crippen MR) is 90.7 cm³/mol. The van der Waals surface area contributed by atoms with Gasteiger partial charge in [-0.05, 0) is 43.0 Å². The summed E-state index contributed by atoms with van der Waals surface area (Å²) >= 11 is 0. The average molecular weight is 323 g/mol. The number of aliphatic hydroxyl groups excluding tert-OH is 1. The lowest BCUT2D eigenvalue weighted by Crippen LogP contribution is -2.41. The van der Waals surface area contributed by atoms with E-state index in [0.717, 1.165) is 24.2 Å². The normalized spacial score (nSPS) is 13.8. The third-order valence-electron chi connectivity index (χ3n) is 3.75. The first-order valence-electron chi connectivity index (χ1n) is 8.32. The molecule has 2 atom stereocenters. The Morgan fingerprint density at radius 1 is 1.26 bits per heavy atom. The van der Waals surface area contributed by atoms with Crippen LogP contribution in [0.1, 0.15) is 51.7 Å². The molecule has 0 radical (unpaired) electrons. The van der Waals surface area contributed by atoms with Crippen molar-refractivity contribution in [3.63, 3.8) is 0 Å². The molecule has 0 aliphatic carbocycles. The van der Waals surface area contributed by atoms with Crippen molar-refractivity contribution in [2.24, 2.45) is 5.92 Å². The number of carboxylic acids is 1. The number of aliphatic hydroxyl groups is 1. The molecule has 0 fully saturated rings. The van der Waals surface area contributed by atoms with Crippen LogP contribution in [0.15, 0.2) is 24.3 Å². The first-order valence-corrected chi connectivity index (χ1v) is 8.32. The molecule has 0 spiro atoms. The molecule has 5 nitrogen and oxygen atoms in total. The van der Waals surface area contributed by atoms with Crippen molar-refractivity contribution in [1.29, 1.82) is 0 Å². The molecule has 1 aromatic rings. The lowest BCUT2D eigenvalue weighted by molar-refractivity contribution is -0.140. The molecular formula is C18H29NO4. The van der Waals surface area contributed by atoms with Gasteiger partial charge in [-0.1, -0.05) is 39.3 Å². The Hall–Kier alpha value is -1.59. The number of hydrogen-bond acceptors (Lipinski definition) is 4. The minimum Gasteiger partial charge on any atom is -0.494 e. The molecular weight excluding hydrogens is 294 g/mol. The minimum atomic E-state index is -0.858. The van der Waals surface area contributed by atoms with Crippen LogP contribution in [-0.2, 0) is 4.79 Å². The minimum absolute atomic E-state index is 0.00389. The first-order chi connectivity index (χ1) is 11.0. The number of benzene rings is 1. The number of hydrogen-bond donors (Lipinski definition) is 3. The molecule has 0 aromatic heterocycles. The highest BCUT2D eigenvalue weighted by Crippen LogP contribution is 2.20. The number of aliphatic carboxylic acids is 1. The Kier molecular flexibility index (Phi) is 8.66. The molecule has 130 valence electrons. The monoisotopic (exact) mass is 323 g/mol. The van der Waals surface area contributed by atoms with E-state index in [4.69, 9.17) is 9.84 Å². The zero-order chi connectivity index (χ0) is 17.2. The Labute approximate surface area is 138 Å². The van der Waals surface area contributed by atoms with Crippen LogP contribution in [0.5, 0.6) is 5.75 Å². The van der Waals surface area contributed by atoms with Crippen molar-refractivity contribution in [2.45, 2.75) is 52.2 Å². The van der Waals surface area contributed by atoms with E-state index in [-0.39, 0.29) is 5.92 Å². The van der Waals surface area contributed by atoms with Crippen molar-refractivity contribution in [1.82, 2.24) is 5.32 Å². The zero-order valence-electron chi connectivity index (χ0n) is 14.3. The van der Waals surface area contributed by atoms with Crippen LogP contribution in [0.25, 0.3) is 0 Å². The van der Waals surface area contributed by atoms with Crippen molar-refractivity contribution in [3.8, 4) is 5.75 Å². The third-order valence-corrected chi connectivity index (χ3v) is 3.75. The lowest BCUT2D eigenvalue weighted by atomic mass is 10.0. The molecule has 0 saturated heterocycles. The summed E-state index contributed by atoms with van der Waals surface area (Å²) in [5, 5.41) is 22.3. The number of nitrogens with one attached hydrogen (secondary N) is 1. The molecule has 1 rings (SSSR count). The zero-order valence-corrected chi connectivity index (χ0v) is 14.3. The second kappa shape index (κ2) is 10.2. The van der Waals surface area contributed by atoms with Crippen LogP contribution in [0.4, 0.5) is 0 Å². The Bertz CT molecular complexity index is 459. The quantitative estimate of drug-likeness (QED) is 0.546. The molecule has 0 saturated carbocycles. The van der Waals surface area contributed by atoms with E-state index in [1.807, 2.05) is 38.1 Å². The highest BCUT2D eigenvalue weighted by molar-refractivity contribution is 5.73. The SMILES string of the molecule is CCCCOc1ccc(C(O)CCN[C@H](C(=O)O)C(C)C)cc1. The second-order valence-corrected chi connectivity index (χ2v) is 6.09. The van der Waals surface area contributed by atoms with Gasteiger partial charge in [-0.2, -0.15) is 0 Å². The topological polar surface area (TPSA) is 78.8 Å². The predicted octanol–water partition coefficient (Wildman–Crippen LogP) is 2.99. The maximum absolute atomic E-state index is 11.1. The van der Waals surface area contributed by atoms with Crippen LogP contribution >= 0.6 is 0 Å². The first kappa shape index (κ1) is 19.5. The van der Waals surface area contributed by atoms with Gasteiger partial charge in [0.25, 0.3) is 0 Å². The summed E-state index contributed by atoms with van der Waals surface area (Å²) in [6, 6.07) is 6.83. The average Bonchev–Trinajstić information content (AvgIpc) is 2.51. The standard InChI is InChI=1S/C18H29NO4/c1-4-5-12-23-15-8-6-14(7-9-15)16(20)10-11-19-17(13(2)3)18(21)22/h6-9,13,16-17,19-20H,4-5,10-12H2,1-3H3,(H,21,22)/t16?,17-/m0/s1. The maximum Gasteiger partial charge on any atom is 0.320 e. The molecule has 0 aliphatic heterocycles. The van der Waals surface area contributed by atoms with Gasteiger partial charge >= 0.3 is 5.97 Å². The summed E-state index contributed by atoms with van der Waals surface area (Å²) in [6.07, 6.45) is 1.97. The van der Waals surface area contributed by atoms with Gasteiger partial charge in [-0.3, -0.25) is 4.79 Å². The van der Waals surface area contributed by atoms with Crippen molar-refractivity contribution in [2.75, 3.05) is 13.2 Å². The van der Waals surface area contributed by atoms with E-state index in [0.29, 0.717) is 19.6 Å². The third kappa shape index (κ3) is 7.01. The summed E-state index contributed by atoms with van der Waals surface area (Å²) in [4.78, 5) is 11.1. The van der Waals surface area contributed by atoms with E-state index >= 15 is 0 Å². The number of carbonyl (C=O) groups is 1. The van der Waals surface area contributed by atoms with Gasteiger partial charge < -0.3 is 20.3 Å². The number of rotatable bonds is 11. The highest BCUT2D eigenvalue weighted by atomic mass is 16.5. The van der Waals surface area contributed by atoms with Gasteiger partial charge in [0.05, 0.1) is 12.7 Å². The van der Waals surface area contributed by atoms with Crippen LogP contribution in [-0.4, -0.2) is 35.4 Å². The molecule has 0 heterocycles. The Morgan fingerprint density at radius 3 is 2.43 bits per heavy atom. The number of carboxylic acid groups (broad SMARTS) is 1. The molecule has 3 N–H and O–H groups in total. The molecule has 1 aromatic carbocycles. The van der Waals surface area contributed by atoms with E-state index in [1.165, 1.54) is 0 Å². The van der Waals surface area contributed by atoms with Crippen molar-refractivity contribution < 1.29 is 19.7 Å².